The molecule has 1 aliphatic carbocycles. The molecular weight excluding hydrogens is 202 g/mol. The lowest BCUT2D eigenvalue weighted by atomic mass is 10.0. The number of aromatic amines is 1. The summed E-state index contributed by atoms with van der Waals surface area (Å²) in [5.41, 5.74) is 1.17. The number of hydrogen-bond acceptors (Lipinski definition) is 2. The van der Waals surface area contributed by atoms with Gasteiger partial charge in [0, 0.05) is 6.04 Å². The van der Waals surface area contributed by atoms with Crippen molar-refractivity contribution in [3.05, 3.63) is 15.9 Å². The molecule has 0 spiro atoms. The van der Waals surface area contributed by atoms with Gasteiger partial charge >= 0.3 is 0 Å². The lowest BCUT2D eigenvalue weighted by molar-refractivity contribution is 0.455. The highest BCUT2D eigenvalue weighted by molar-refractivity contribution is 5.46. The number of aromatic nitrogens is 2. The molecule has 4 nitrogen and oxygen atoms in total. The molecule has 1 saturated carbocycles. The molecule has 0 bridgehead atoms. The first-order valence-electron chi connectivity index (χ1n) is 6.35. The summed E-state index contributed by atoms with van der Waals surface area (Å²) in [6.45, 7) is 2.16. The van der Waals surface area contributed by atoms with E-state index >= 15 is 0 Å². The molecule has 1 atom stereocenters. The summed E-state index contributed by atoms with van der Waals surface area (Å²) in [7, 11) is 0. The summed E-state index contributed by atoms with van der Waals surface area (Å²) in [4.78, 5) is 12.2. The Morgan fingerprint density at radius 1 is 1.25 bits per heavy atom. The molecule has 0 amide bonds. The van der Waals surface area contributed by atoms with Crippen LogP contribution < -0.4 is 10.9 Å². The molecule has 2 N–H and O–H groups in total. The fourth-order valence-corrected chi connectivity index (χ4v) is 2.94. The minimum atomic E-state index is 0.210. The van der Waals surface area contributed by atoms with Crippen LogP contribution in [-0.4, -0.2) is 15.8 Å². The first-order chi connectivity index (χ1) is 7.75. The molecule has 1 aromatic heterocycles. The van der Waals surface area contributed by atoms with E-state index in [4.69, 9.17) is 0 Å². The summed E-state index contributed by atoms with van der Waals surface area (Å²) in [5.74, 6) is 0.968. The van der Waals surface area contributed by atoms with Gasteiger partial charge in [-0.2, -0.15) is 0 Å². The number of anilines is 1. The maximum absolute atomic E-state index is 12.2. The van der Waals surface area contributed by atoms with Gasteiger partial charge in [-0.1, -0.05) is 12.8 Å². The Hall–Kier alpha value is -1.19. The smallest absolute Gasteiger partial charge is 0.272 e. The van der Waals surface area contributed by atoms with Crippen LogP contribution >= 0.6 is 0 Å². The highest BCUT2D eigenvalue weighted by atomic mass is 16.1. The zero-order chi connectivity index (χ0) is 11.1. The van der Waals surface area contributed by atoms with Crippen molar-refractivity contribution < 1.29 is 0 Å². The van der Waals surface area contributed by atoms with E-state index in [-0.39, 0.29) is 5.56 Å². The fraction of sp³-hybridized carbons (Fsp3) is 0.750. The van der Waals surface area contributed by atoms with Gasteiger partial charge in [0.1, 0.15) is 5.82 Å². The van der Waals surface area contributed by atoms with Gasteiger partial charge in [0.15, 0.2) is 0 Å². The van der Waals surface area contributed by atoms with Crippen LogP contribution in [0.2, 0.25) is 0 Å². The minimum absolute atomic E-state index is 0.210. The Balaban J connectivity index is 1.98. The van der Waals surface area contributed by atoms with Crippen molar-refractivity contribution in [2.24, 2.45) is 0 Å². The number of nitrogens with zero attached hydrogens (tertiary/aromatic N) is 1. The van der Waals surface area contributed by atoms with Gasteiger partial charge in [-0.25, -0.2) is 4.68 Å². The predicted molar refractivity (Wildman–Crippen MR) is 64.0 cm³/mol. The van der Waals surface area contributed by atoms with Crippen LogP contribution in [0.5, 0.6) is 0 Å². The second-order valence-corrected chi connectivity index (χ2v) is 5.16. The first kappa shape index (κ1) is 10.00. The number of fused-ring (bicyclic) bond motifs is 1. The second-order valence-electron chi connectivity index (χ2n) is 5.16. The number of H-pyrrole nitrogens is 1. The van der Waals surface area contributed by atoms with E-state index in [0.29, 0.717) is 12.1 Å². The molecule has 0 radical (unpaired) electrons. The quantitative estimate of drug-likeness (QED) is 0.762. The van der Waals surface area contributed by atoms with E-state index in [1.807, 2.05) is 4.68 Å². The lowest BCUT2D eigenvalue weighted by Crippen LogP contribution is -2.25. The highest BCUT2D eigenvalue weighted by Gasteiger charge is 2.25. The summed E-state index contributed by atoms with van der Waals surface area (Å²) in [6, 6.07) is 0.887. The minimum Gasteiger partial charge on any atom is -0.368 e. The van der Waals surface area contributed by atoms with Crippen LogP contribution in [0, 0.1) is 0 Å². The summed E-state index contributed by atoms with van der Waals surface area (Å²) in [5, 5.41) is 6.64. The first-order valence-corrected chi connectivity index (χ1v) is 6.35. The molecule has 16 heavy (non-hydrogen) atoms. The van der Waals surface area contributed by atoms with Gasteiger partial charge in [0.05, 0.1) is 11.6 Å². The normalized spacial score (nSPS) is 25.4. The summed E-state index contributed by atoms with van der Waals surface area (Å²) >= 11 is 0. The van der Waals surface area contributed by atoms with Gasteiger partial charge in [0.25, 0.3) is 5.56 Å². The second kappa shape index (κ2) is 3.68. The van der Waals surface area contributed by atoms with Crippen molar-refractivity contribution in [1.82, 2.24) is 9.78 Å². The maximum Gasteiger partial charge on any atom is 0.272 e. The van der Waals surface area contributed by atoms with Crippen molar-refractivity contribution in [1.29, 1.82) is 0 Å². The zero-order valence-electron chi connectivity index (χ0n) is 9.75. The van der Waals surface area contributed by atoms with Crippen LogP contribution in [0.25, 0.3) is 0 Å². The van der Waals surface area contributed by atoms with Gasteiger partial charge in [0.2, 0.25) is 0 Å². The standard InChI is InChI=1S/C12H19N3O/c1-8-6-7-10-11(13-8)14-15(12(10)16)9-4-2-3-5-9/h8-9,13-14H,2-7H2,1H3/t8-/m0/s1. The molecule has 0 saturated heterocycles. The third-order valence-electron chi connectivity index (χ3n) is 3.92. The fourth-order valence-electron chi connectivity index (χ4n) is 2.94. The zero-order valence-corrected chi connectivity index (χ0v) is 9.75. The van der Waals surface area contributed by atoms with Crippen LogP contribution in [0.3, 0.4) is 0 Å². The Bertz CT molecular complexity index is 440. The van der Waals surface area contributed by atoms with Crippen LogP contribution in [-0.2, 0) is 6.42 Å². The molecule has 1 fully saturated rings. The Morgan fingerprint density at radius 3 is 2.75 bits per heavy atom. The van der Waals surface area contributed by atoms with Crippen LogP contribution in [0.4, 0.5) is 5.82 Å². The van der Waals surface area contributed by atoms with E-state index in [1.54, 1.807) is 0 Å². The average Bonchev–Trinajstić information content (AvgIpc) is 2.86. The van der Waals surface area contributed by atoms with Crippen molar-refractivity contribution in [2.75, 3.05) is 5.32 Å². The van der Waals surface area contributed by atoms with E-state index in [9.17, 15) is 4.79 Å². The van der Waals surface area contributed by atoms with Crippen molar-refractivity contribution in [3.8, 4) is 0 Å². The largest absolute Gasteiger partial charge is 0.368 e. The molecule has 0 unspecified atom stereocenters. The Morgan fingerprint density at radius 2 is 2.00 bits per heavy atom. The monoisotopic (exact) mass is 221 g/mol. The molecule has 4 heteroatoms. The van der Waals surface area contributed by atoms with Crippen molar-refractivity contribution in [3.63, 3.8) is 0 Å². The van der Waals surface area contributed by atoms with E-state index in [2.05, 4.69) is 17.3 Å². The van der Waals surface area contributed by atoms with E-state index in [1.165, 1.54) is 12.8 Å². The average molecular weight is 221 g/mol. The van der Waals surface area contributed by atoms with Gasteiger partial charge < -0.3 is 5.32 Å². The molecule has 1 aromatic rings. The molecule has 2 aliphatic rings. The summed E-state index contributed by atoms with van der Waals surface area (Å²) < 4.78 is 1.86. The Kier molecular flexibility index (Phi) is 2.30. The summed E-state index contributed by atoms with van der Waals surface area (Å²) in [6.07, 6.45) is 6.78. The van der Waals surface area contributed by atoms with Gasteiger partial charge in [-0.05, 0) is 32.6 Å². The Labute approximate surface area is 95.0 Å². The van der Waals surface area contributed by atoms with Crippen molar-refractivity contribution >= 4 is 5.82 Å². The molecule has 3 rings (SSSR count). The molecule has 0 aromatic carbocycles. The van der Waals surface area contributed by atoms with Crippen molar-refractivity contribution in [2.45, 2.75) is 57.5 Å². The third-order valence-corrected chi connectivity index (χ3v) is 3.92. The molecule has 2 heterocycles. The molecule has 1 aliphatic heterocycles. The maximum atomic E-state index is 12.2. The molecule has 88 valence electrons. The topological polar surface area (TPSA) is 49.8 Å². The lowest BCUT2D eigenvalue weighted by Gasteiger charge is -2.19. The molecular formula is C12H19N3O. The predicted octanol–water partition coefficient (Wildman–Crippen LogP) is 2.04. The number of nitrogens with one attached hydrogen (secondary N) is 2. The van der Waals surface area contributed by atoms with Gasteiger partial charge in [-0.15, -0.1) is 0 Å². The van der Waals surface area contributed by atoms with E-state index in [0.717, 1.165) is 37.1 Å². The number of rotatable bonds is 1. The third kappa shape index (κ3) is 1.47. The van der Waals surface area contributed by atoms with Gasteiger partial charge in [-0.3, -0.25) is 9.89 Å². The van der Waals surface area contributed by atoms with E-state index < -0.39 is 0 Å². The van der Waals surface area contributed by atoms with Crippen LogP contribution in [0.15, 0.2) is 4.79 Å². The number of hydrogen-bond donors (Lipinski definition) is 2. The highest BCUT2D eigenvalue weighted by Crippen LogP contribution is 2.29. The van der Waals surface area contributed by atoms with Crippen LogP contribution in [0.1, 0.15) is 50.6 Å². The SMILES string of the molecule is C[C@H]1CCc2c([nH]n(C3CCCC3)c2=O)N1.